The van der Waals surface area contributed by atoms with Gasteiger partial charge in [-0.2, -0.15) is 11.3 Å². The lowest BCUT2D eigenvalue weighted by Gasteiger charge is -2.27. The van der Waals surface area contributed by atoms with Crippen LogP contribution < -0.4 is 5.32 Å². The molecule has 1 fully saturated rings. The van der Waals surface area contributed by atoms with E-state index in [2.05, 4.69) is 36.0 Å². The largest absolute Gasteiger partial charge is 0.376 e. The molecule has 2 rings (SSSR count). The summed E-state index contributed by atoms with van der Waals surface area (Å²) in [6.45, 7) is 6.19. The van der Waals surface area contributed by atoms with Crippen LogP contribution in [0.3, 0.4) is 0 Å². The van der Waals surface area contributed by atoms with E-state index in [4.69, 9.17) is 4.74 Å². The van der Waals surface area contributed by atoms with E-state index in [1.165, 1.54) is 24.8 Å². The maximum atomic E-state index is 5.99. The number of thiophene rings is 1. The van der Waals surface area contributed by atoms with E-state index in [9.17, 15) is 0 Å². The van der Waals surface area contributed by atoms with Gasteiger partial charge in [0.05, 0.1) is 12.1 Å². The zero-order chi connectivity index (χ0) is 12.1. The summed E-state index contributed by atoms with van der Waals surface area (Å²) >= 11 is 1.77. The number of ether oxygens (including phenoxy) is 1. The molecule has 2 unspecified atom stereocenters. The van der Waals surface area contributed by atoms with Crippen molar-refractivity contribution < 1.29 is 4.74 Å². The van der Waals surface area contributed by atoms with Gasteiger partial charge in [-0.3, -0.25) is 0 Å². The molecule has 0 spiro atoms. The maximum absolute atomic E-state index is 5.99. The SMILES string of the molecule is CCCNC(c1ccsc1)C(OCC)C1CC1. The minimum atomic E-state index is 0.362. The Hall–Kier alpha value is -0.380. The molecule has 1 aromatic heterocycles. The molecule has 0 radical (unpaired) electrons. The Bertz CT molecular complexity index is 308. The standard InChI is InChI=1S/C14H23NOS/c1-3-8-15-13(12-7-9-17-10-12)14(16-4-2)11-5-6-11/h7,9-11,13-15H,3-6,8H2,1-2H3. The van der Waals surface area contributed by atoms with Crippen LogP contribution in [0.15, 0.2) is 16.8 Å². The topological polar surface area (TPSA) is 21.3 Å². The van der Waals surface area contributed by atoms with Crippen molar-refractivity contribution in [1.82, 2.24) is 5.32 Å². The van der Waals surface area contributed by atoms with Gasteiger partial charge in [-0.05, 0) is 61.0 Å². The maximum Gasteiger partial charge on any atom is 0.0797 e. The van der Waals surface area contributed by atoms with Crippen LogP contribution in [0.5, 0.6) is 0 Å². The molecule has 2 atom stereocenters. The molecule has 0 amide bonds. The van der Waals surface area contributed by atoms with E-state index in [0.717, 1.165) is 19.1 Å². The third kappa shape index (κ3) is 3.54. The van der Waals surface area contributed by atoms with E-state index < -0.39 is 0 Å². The Labute approximate surface area is 108 Å². The van der Waals surface area contributed by atoms with Crippen LogP contribution in [-0.2, 0) is 4.74 Å². The van der Waals surface area contributed by atoms with Crippen molar-refractivity contribution in [3.05, 3.63) is 22.4 Å². The summed E-state index contributed by atoms with van der Waals surface area (Å²) in [5.74, 6) is 0.768. The summed E-state index contributed by atoms with van der Waals surface area (Å²) in [5.41, 5.74) is 1.40. The second-order valence-corrected chi connectivity index (χ2v) is 5.53. The highest BCUT2D eigenvalue weighted by Crippen LogP contribution is 2.40. The minimum Gasteiger partial charge on any atom is -0.376 e. The lowest BCUT2D eigenvalue weighted by atomic mass is 10.0. The van der Waals surface area contributed by atoms with E-state index in [-0.39, 0.29) is 0 Å². The fourth-order valence-electron chi connectivity index (χ4n) is 2.30. The van der Waals surface area contributed by atoms with Gasteiger partial charge in [0, 0.05) is 6.61 Å². The van der Waals surface area contributed by atoms with Crippen LogP contribution in [0.1, 0.15) is 44.7 Å². The van der Waals surface area contributed by atoms with Crippen LogP contribution in [0.25, 0.3) is 0 Å². The molecule has 0 bridgehead atoms. The van der Waals surface area contributed by atoms with Crippen LogP contribution >= 0.6 is 11.3 Å². The summed E-state index contributed by atoms with van der Waals surface area (Å²) in [4.78, 5) is 0. The van der Waals surface area contributed by atoms with Crippen molar-refractivity contribution in [1.29, 1.82) is 0 Å². The Morgan fingerprint density at radius 3 is 2.82 bits per heavy atom. The summed E-state index contributed by atoms with van der Waals surface area (Å²) in [5, 5.41) is 8.07. The smallest absolute Gasteiger partial charge is 0.0797 e. The number of rotatable bonds is 8. The summed E-state index contributed by atoms with van der Waals surface area (Å²) < 4.78 is 5.99. The zero-order valence-electron chi connectivity index (χ0n) is 10.8. The number of hydrogen-bond acceptors (Lipinski definition) is 3. The van der Waals surface area contributed by atoms with Gasteiger partial charge in [0.15, 0.2) is 0 Å². The van der Waals surface area contributed by atoms with Crippen molar-refractivity contribution >= 4 is 11.3 Å². The first-order chi connectivity index (χ1) is 8.36. The van der Waals surface area contributed by atoms with Crippen molar-refractivity contribution in [2.45, 2.75) is 45.3 Å². The quantitative estimate of drug-likeness (QED) is 0.764. The van der Waals surface area contributed by atoms with E-state index >= 15 is 0 Å². The second kappa shape index (κ2) is 6.53. The number of nitrogens with one attached hydrogen (secondary N) is 1. The third-order valence-corrected chi connectivity index (χ3v) is 3.99. The fourth-order valence-corrected chi connectivity index (χ4v) is 2.99. The van der Waals surface area contributed by atoms with Crippen LogP contribution in [0.4, 0.5) is 0 Å². The van der Waals surface area contributed by atoms with Crippen molar-refractivity contribution in [2.24, 2.45) is 5.92 Å². The first-order valence-corrected chi connectivity index (χ1v) is 7.68. The lowest BCUT2D eigenvalue weighted by molar-refractivity contribution is 0.0187. The van der Waals surface area contributed by atoms with Gasteiger partial charge in [0.25, 0.3) is 0 Å². The highest BCUT2D eigenvalue weighted by Gasteiger charge is 2.37. The predicted octanol–water partition coefficient (Wildman–Crippen LogP) is 3.60. The van der Waals surface area contributed by atoms with E-state index in [1.54, 1.807) is 11.3 Å². The molecule has 1 aromatic rings. The summed E-state index contributed by atoms with van der Waals surface area (Å²) in [6.07, 6.45) is 4.20. The van der Waals surface area contributed by atoms with Gasteiger partial charge in [-0.1, -0.05) is 6.92 Å². The second-order valence-electron chi connectivity index (χ2n) is 4.75. The Morgan fingerprint density at radius 1 is 1.47 bits per heavy atom. The van der Waals surface area contributed by atoms with Gasteiger partial charge >= 0.3 is 0 Å². The van der Waals surface area contributed by atoms with E-state index in [0.29, 0.717) is 12.1 Å². The van der Waals surface area contributed by atoms with Crippen LogP contribution in [-0.4, -0.2) is 19.3 Å². The Balaban J connectivity index is 2.06. The molecule has 0 aliphatic heterocycles. The highest BCUT2D eigenvalue weighted by atomic mass is 32.1. The molecule has 3 heteroatoms. The van der Waals surface area contributed by atoms with Gasteiger partial charge in [0.2, 0.25) is 0 Å². The zero-order valence-corrected chi connectivity index (χ0v) is 11.6. The summed E-state index contributed by atoms with van der Waals surface area (Å²) in [6, 6.07) is 2.61. The van der Waals surface area contributed by atoms with E-state index in [1.807, 2.05) is 0 Å². The van der Waals surface area contributed by atoms with Gasteiger partial charge in [0.1, 0.15) is 0 Å². The average Bonchev–Trinajstić information content (AvgIpc) is 3.04. The molecular weight excluding hydrogens is 230 g/mol. The number of hydrogen-bond donors (Lipinski definition) is 1. The molecule has 0 saturated heterocycles. The van der Waals surface area contributed by atoms with Crippen molar-refractivity contribution in [3.8, 4) is 0 Å². The van der Waals surface area contributed by atoms with Gasteiger partial charge in [-0.25, -0.2) is 0 Å². The molecule has 1 heterocycles. The monoisotopic (exact) mass is 253 g/mol. The first-order valence-electron chi connectivity index (χ1n) is 6.73. The Kier molecular flexibility index (Phi) is 5.01. The molecule has 2 nitrogen and oxygen atoms in total. The average molecular weight is 253 g/mol. The molecule has 1 N–H and O–H groups in total. The molecule has 1 aliphatic rings. The molecule has 1 aliphatic carbocycles. The van der Waals surface area contributed by atoms with Crippen LogP contribution in [0, 0.1) is 5.92 Å². The normalized spacial score (nSPS) is 19.2. The third-order valence-electron chi connectivity index (χ3n) is 3.29. The molecule has 1 saturated carbocycles. The lowest BCUT2D eigenvalue weighted by Crippen LogP contribution is -2.35. The van der Waals surface area contributed by atoms with Gasteiger partial charge in [-0.15, -0.1) is 0 Å². The molecule has 96 valence electrons. The highest BCUT2D eigenvalue weighted by molar-refractivity contribution is 7.07. The van der Waals surface area contributed by atoms with Gasteiger partial charge < -0.3 is 10.1 Å². The molecule has 0 aromatic carbocycles. The fraction of sp³-hybridized carbons (Fsp3) is 0.714. The van der Waals surface area contributed by atoms with Crippen molar-refractivity contribution in [3.63, 3.8) is 0 Å². The predicted molar refractivity (Wildman–Crippen MR) is 73.5 cm³/mol. The van der Waals surface area contributed by atoms with Crippen LogP contribution in [0.2, 0.25) is 0 Å². The first kappa shape index (κ1) is 13.1. The summed E-state index contributed by atoms with van der Waals surface area (Å²) in [7, 11) is 0. The minimum absolute atomic E-state index is 0.362. The Morgan fingerprint density at radius 2 is 2.29 bits per heavy atom. The molecule has 17 heavy (non-hydrogen) atoms. The van der Waals surface area contributed by atoms with Crippen molar-refractivity contribution in [2.75, 3.05) is 13.2 Å². The molecular formula is C14H23NOS.